The van der Waals surface area contributed by atoms with Crippen molar-refractivity contribution in [2.24, 2.45) is 0 Å². The van der Waals surface area contributed by atoms with E-state index in [9.17, 15) is 5.11 Å². The molecule has 3 N–H and O–H groups in total. The number of nitrogens with one attached hydrogen (secondary N) is 2. The quantitative estimate of drug-likeness (QED) is 0.686. The Balaban J connectivity index is 1.83. The van der Waals surface area contributed by atoms with Gasteiger partial charge < -0.3 is 10.4 Å². The Kier molecular flexibility index (Phi) is 3.50. The van der Waals surface area contributed by atoms with Gasteiger partial charge in [-0.25, -0.2) is 0 Å². The highest BCUT2D eigenvalue weighted by Crippen LogP contribution is 2.25. The van der Waals surface area contributed by atoms with Crippen molar-refractivity contribution in [2.75, 3.05) is 5.32 Å². The van der Waals surface area contributed by atoms with Crippen LogP contribution in [0.2, 0.25) is 0 Å². The van der Waals surface area contributed by atoms with Gasteiger partial charge in [-0.15, -0.1) is 0 Å². The first kappa shape index (κ1) is 13.7. The van der Waals surface area contributed by atoms with Crippen LogP contribution in [-0.4, -0.2) is 15.3 Å². The standard InChI is InChI=1S/C17H14N4O/c1-11-8-12(10-18)2-7-15(11)19-17-9-16(20-21-17)13-3-5-14(22)6-4-13/h2-9,22H,1H3,(H2,19,20,21). The molecule has 3 rings (SSSR count). The van der Waals surface area contributed by atoms with Crippen LogP contribution in [0.25, 0.3) is 11.3 Å². The lowest BCUT2D eigenvalue weighted by atomic mass is 10.1. The minimum atomic E-state index is 0.231. The summed E-state index contributed by atoms with van der Waals surface area (Å²) >= 11 is 0. The van der Waals surface area contributed by atoms with E-state index in [1.54, 1.807) is 18.2 Å². The number of nitriles is 1. The molecule has 0 aliphatic heterocycles. The number of aromatic amines is 1. The van der Waals surface area contributed by atoms with Gasteiger partial charge >= 0.3 is 0 Å². The first-order valence-electron chi connectivity index (χ1n) is 6.78. The van der Waals surface area contributed by atoms with E-state index in [0.717, 1.165) is 22.5 Å². The molecule has 5 nitrogen and oxygen atoms in total. The van der Waals surface area contributed by atoms with Gasteiger partial charge in [0.05, 0.1) is 17.3 Å². The fraction of sp³-hybridized carbons (Fsp3) is 0.0588. The topological polar surface area (TPSA) is 84.7 Å². The van der Waals surface area contributed by atoms with E-state index in [1.165, 1.54) is 0 Å². The second-order valence-corrected chi connectivity index (χ2v) is 4.98. The van der Waals surface area contributed by atoms with Crippen molar-refractivity contribution in [2.45, 2.75) is 6.92 Å². The summed E-state index contributed by atoms with van der Waals surface area (Å²) in [6.07, 6.45) is 0. The molecule has 1 aromatic heterocycles. The molecule has 1 heterocycles. The van der Waals surface area contributed by atoms with E-state index in [-0.39, 0.29) is 5.75 Å². The van der Waals surface area contributed by atoms with Crippen LogP contribution < -0.4 is 5.32 Å². The monoisotopic (exact) mass is 290 g/mol. The van der Waals surface area contributed by atoms with Crippen molar-refractivity contribution in [3.63, 3.8) is 0 Å². The molecule has 5 heteroatoms. The molecule has 0 bridgehead atoms. The third-order valence-corrected chi connectivity index (χ3v) is 3.37. The Bertz CT molecular complexity index is 844. The number of phenols is 1. The molecule has 0 atom stereocenters. The molecule has 22 heavy (non-hydrogen) atoms. The van der Waals surface area contributed by atoms with Crippen LogP contribution in [0.4, 0.5) is 11.5 Å². The number of nitrogens with zero attached hydrogens (tertiary/aromatic N) is 2. The number of hydrogen-bond donors (Lipinski definition) is 3. The molecule has 2 aromatic carbocycles. The van der Waals surface area contributed by atoms with Crippen molar-refractivity contribution < 1.29 is 5.11 Å². The van der Waals surface area contributed by atoms with E-state index in [0.29, 0.717) is 11.4 Å². The van der Waals surface area contributed by atoms with Crippen LogP contribution in [0.15, 0.2) is 48.5 Å². The highest BCUT2D eigenvalue weighted by atomic mass is 16.3. The zero-order valence-electron chi connectivity index (χ0n) is 12.0. The van der Waals surface area contributed by atoms with Crippen molar-refractivity contribution in [3.05, 3.63) is 59.7 Å². The Hall–Kier alpha value is -3.26. The molecule has 0 radical (unpaired) electrons. The minimum Gasteiger partial charge on any atom is -0.508 e. The molecule has 0 amide bonds. The molecule has 0 unspecified atom stereocenters. The number of H-pyrrole nitrogens is 1. The van der Waals surface area contributed by atoms with Gasteiger partial charge in [-0.2, -0.15) is 10.4 Å². The number of rotatable bonds is 3. The fourth-order valence-corrected chi connectivity index (χ4v) is 2.19. The number of aryl methyl sites for hydroxylation is 1. The summed E-state index contributed by atoms with van der Waals surface area (Å²) in [5.41, 5.74) is 4.31. The molecule has 0 fully saturated rings. The van der Waals surface area contributed by atoms with E-state index in [1.807, 2.05) is 37.3 Å². The molecule has 0 aliphatic rings. The van der Waals surface area contributed by atoms with Crippen molar-refractivity contribution >= 4 is 11.5 Å². The van der Waals surface area contributed by atoms with E-state index < -0.39 is 0 Å². The van der Waals surface area contributed by atoms with Crippen LogP contribution in [0, 0.1) is 18.3 Å². The SMILES string of the molecule is Cc1cc(C#N)ccc1Nc1cc(-c2ccc(O)cc2)[nH]n1. The number of phenolic OH excluding ortho intramolecular Hbond substituents is 1. The van der Waals surface area contributed by atoms with Crippen LogP contribution in [0.1, 0.15) is 11.1 Å². The summed E-state index contributed by atoms with van der Waals surface area (Å²) in [7, 11) is 0. The predicted molar refractivity (Wildman–Crippen MR) is 84.9 cm³/mol. The second-order valence-electron chi connectivity index (χ2n) is 4.98. The van der Waals surface area contributed by atoms with Gasteiger partial charge in [0.15, 0.2) is 5.82 Å². The summed E-state index contributed by atoms with van der Waals surface area (Å²) < 4.78 is 0. The first-order chi connectivity index (χ1) is 10.7. The lowest BCUT2D eigenvalue weighted by molar-refractivity contribution is 0.475. The van der Waals surface area contributed by atoms with Crippen LogP contribution >= 0.6 is 0 Å². The number of aromatic hydroxyl groups is 1. The lowest BCUT2D eigenvalue weighted by Crippen LogP contribution is -1.93. The maximum Gasteiger partial charge on any atom is 0.152 e. The van der Waals surface area contributed by atoms with Crippen LogP contribution in [-0.2, 0) is 0 Å². The highest BCUT2D eigenvalue weighted by Gasteiger charge is 2.06. The normalized spacial score (nSPS) is 10.2. The average molecular weight is 290 g/mol. The Morgan fingerprint density at radius 3 is 2.59 bits per heavy atom. The molecule has 108 valence electrons. The molecule has 0 saturated heterocycles. The summed E-state index contributed by atoms with van der Waals surface area (Å²) in [4.78, 5) is 0. The number of benzene rings is 2. The third-order valence-electron chi connectivity index (χ3n) is 3.37. The second kappa shape index (κ2) is 5.62. The smallest absolute Gasteiger partial charge is 0.152 e. The predicted octanol–water partition coefficient (Wildman–Crippen LogP) is 3.71. The zero-order valence-corrected chi connectivity index (χ0v) is 12.0. The highest BCUT2D eigenvalue weighted by molar-refractivity contribution is 5.68. The lowest BCUT2D eigenvalue weighted by Gasteiger charge is -2.06. The molecule has 0 saturated carbocycles. The minimum absolute atomic E-state index is 0.231. The zero-order chi connectivity index (χ0) is 15.5. The Morgan fingerprint density at radius 2 is 1.91 bits per heavy atom. The number of anilines is 2. The van der Waals surface area contributed by atoms with Crippen molar-refractivity contribution in [1.82, 2.24) is 10.2 Å². The van der Waals surface area contributed by atoms with Gasteiger partial charge in [-0.05, 0) is 60.5 Å². The molecular formula is C17H14N4O. The van der Waals surface area contributed by atoms with Gasteiger partial charge in [-0.1, -0.05) is 0 Å². The largest absolute Gasteiger partial charge is 0.508 e. The number of aromatic nitrogens is 2. The molecular weight excluding hydrogens is 276 g/mol. The fourth-order valence-electron chi connectivity index (χ4n) is 2.19. The number of hydrogen-bond acceptors (Lipinski definition) is 4. The van der Waals surface area contributed by atoms with Gasteiger partial charge in [-0.3, -0.25) is 5.10 Å². The summed E-state index contributed by atoms with van der Waals surface area (Å²) in [6, 6.07) is 16.4. The third kappa shape index (κ3) is 2.76. The van der Waals surface area contributed by atoms with Gasteiger partial charge in [0.25, 0.3) is 0 Å². The van der Waals surface area contributed by atoms with Crippen LogP contribution in [0.3, 0.4) is 0 Å². The summed E-state index contributed by atoms with van der Waals surface area (Å²) in [5.74, 6) is 0.922. The maximum absolute atomic E-state index is 9.32. The van der Waals surface area contributed by atoms with E-state index >= 15 is 0 Å². The summed E-state index contributed by atoms with van der Waals surface area (Å²) in [5, 5.41) is 28.6. The molecule has 0 aliphatic carbocycles. The van der Waals surface area contributed by atoms with Gasteiger partial charge in [0.1, 0.15) is 5.75 Å². The van der Waals surface area contributed by atoms with Gasteiger partial charge in [0, 0.05) is 11.8 Å². The van der Waals surface area contributed by atoms with E-state index in [2.05, 4.69) is 21.6 Å². The Labute approximate surface area is 127 Å². The average Bonchev–Trinajstić information content (AvgIpc) is 2.98. The van der Waals surface area contributed by atoms with Crippen LogP contribution in [0.5, 0.6) is 5.75 Å². The van der Waals surface area contributed by atoms with Crippen molar-refractivity contribution in [3.8, 4) is 23.1 Å². The molecule has 0 spiro atoms. The molecule has 3 aromatic rings. The maximum atomic E-state index is 9.32. The van der Waals surface area contributed by atoms with Gasteiger partial charge in [0.2, 0.25) is 0 Å². The summed E-state index contributed by atoms with van der Waals surface area (Å²) in [6.45, 7) is 1.94. The Morgan fingerprint density at radius 1 is 1.14 bits per heavy atom. The van der Waals surface area contributed by atoms with E-state index in [4.69, 9.17) is 5.26 Å². The first-order valence-corrected chi connectivity index (χ1v) is 6.78. The van der Waals surface area contributed by atoms with Crippen molar-refractivity contribution in [1.29, 1.82) is 5.26 Å².